The molecule has 4 heterocycles. The number of nitrogens with zero attached hydrogens (tertiary/aromatic N) is 5. The van der Waals surface area contributed by atoms with Crippen LogP contribution in [-0.4, -0.2) is 79.2 Å². The van der Waals surface area contributed by atoms with Crippen molar-refractivity contribution in [3.8, 4) is 17.2 Å². The molecular weight excluding hydrogens is 560 g/mol. The van der Waals surface area contributed by atoms with Crippen LogP contribution in [0.15, 0.2) is 12.1 Å². The lowest BCUT2D eigenvalue weighted by Gasteiger charge is -2.37. The van der Waals surface area contributed by atoms with Gasteiger partial charge in [0, 0.05) is 31.7 Å². The molecule has 2 unspecified atom stereocenters. The molecule has 0 saturated carbocycles. The van der Waals surface area contributed by atoms with Crippen LogP contribution in [0.25, 0.3) is 0 Å². The third-order valence-corrected chi connectivity index (χ3v) is 8.46. The maximum atomic E-state index is 11.6. The number of aromatic carboxylic acids is 1. The first-order chi connectivity index (χ1) is 20.2. The number of morpholine rings is 1. The van der Waals surface area contributed by atoms with Crippen molar-refractivity contribution in [2.45, 2.75) is 58.8 Å². The van der Waals surface area contributed by atoms with Crippen molar-refractivity contribution in [3.63, 3.8) is 0 Å². The molecule has 2 N–H and O–H groups in total. The lowest BCUT2D eigenvalue weighted by Crippen LogP contribution is -2.46. The van der Waals surface area contributed by atoms with E-state index in [2.05, 4.69) is 33.9 Å². The Labute approximate surface area is 249 Å². The van der Waals surface area contributed by atoms with E-state index in [4.69, 9.17) is 28.9 Å². The molecule has 0 aliphatic carbocycles. The average molecular weight is 599 g/mol. The first-order valence-electron chi connectivity index (χ1n) is 14.0. The fraction of sp³-hybridized carbons (Fsp3) is 0.517. The van der Waals surface area contributed by atoms with Gasteiger partial charge in [-0.1, -0.05) is 11.3 Å². The minimum Gasteiger partial charge on any atom is -0.493 e. The monoisotopic (exact) mass is 598 g/mol. The van der Waals surface area contributed by atoms with E-state index >= 15 is 0 Å². The Balaban J connectivity index is 1.59. The van der Waals surface area contributed by atoms with E-state index in [9.17, 15) is 9.90 Å². The highest BCUT2D eigenvalue weighted by Crippen LogP contribution is 2.40. The second kappa shape index (κ2) is 12.6. The molecule has 0 amide bonds. The van der Waals surface area contributed by atoms with Crippen LogP contribution in [0, 0.1) is 6.92 Å². The fourth-order valence-corrected chi connectivity index (χ4v) is 6.47. The van der Waals surface area contributed by atoms with E-state index in [1.807, 2.05) is 12.1 Å². The fourth-order valence-electron chi connectivity index (χ4n) is 5.67. The van der Waals surface area contributed by atoms with Crippen molar-refractivity contribution in [3.05, 3.63) is 33.8 Å². The van der Waals surface area contributed by atoms with Gasteiger partial charge in [0.25, 0.3) is 0 Å². The number of hydrogen-bond donors (Lipinski definition) is 2. The summed E-state index contributed by atoms with van der Waals surface area (Å²) in [5, 5.41) is 13.2. The summed E-state index contributed by atoms with van der Waals surface area (Å²) in [4.78, 5) is 30.8. The summed E-state index contributed by atoms with van der Waals surface area (Å²) in [5.41, 5.74) is 2.53. The van der Waals surface area contributed by atoms with Gasteiger partial charge in [0.05, 0.1) is 39.2 Å². The number of benzene rings is 1. The molecule has 2 aromatic heterocycles. The van der Waals surface area contributed by atoms with Gasteiger partial charge >= 0.3 is 5.97 Å². The zero-order valence-corrected chi connectivity index (χ0v) is 25.7. The van der Waals surface area contributed by atoms with Crippen molar-refractivity contribution < 1.29 is 28.8 Å². The molecule has 3 aromatic rings. The van der Waals surface area contributed by atoms with E-state index in [0.717, 1.165) is 59.9 Å². The first-order valence-corrected chi connectivity index (χ1v) is 14.8. The zero-order valence-electron chi connectivity index (χ0n) is 24.9. The van der Waals surface area contributed by atoms with E-state index in [0.29, 0.717) is 53.7 Å². The Kier molecular flexibility index (Phi) is 8.88. The maximum Gasteiger partial charge on any atom is 0.347 e. The van der Waals surface area contributed by atoms with Crippen LogP contribution in [-0.2, 0) is 17.7 Å². The number of methoxy groups -OCH3 is 3. The van der Waals surface area contributed by atoms with Crippen molar-refractivity contribution >= 4 is 40.0 Å². The smallest absolute Gasteiger partial charge is 0.347 e. The molecule has 226 valence electrons. The topological polar surface area (TPSA) is 131 Å². The number of ether oxygens (including phenoxy) is 4. The molecule has 0 radical (unpaired) electrons. The molecule has 2 atom stereocenters. The summed E-state index contributed by atoms with van der Waals surface area (Å²) in [7, 11) is 4.81. The highest BCUT2D eigenvalue weighted by molar-refractivity contribution is 7.17. The summed E-state index contributed by atoms with van der Waals surface area (Å²) >= 11 is 1.07. The number of carboxylic acids is 1. The highest BCUT2D eigenvalue weighted by atomic mass is 32.1. The van der Waals surface area contributed by atoms with Crippen LogP contribution in [0.4, 0.5) is 22.7 Å². The molecular formula is C29H38N6O6S. The standard InChI is InChI=1S/C29H38N6O6S/c1-16-13-35(14-17(2)41-16)26-20-9-7-8-10-34(15-19-11-21(38-4)23(40-6)22(12-19)39-5)25(20)31-28(32-26)33-29-30-18(3)24(42-29)27(36)37/h11-12,16-17H,7-10,13-15H2,1-6H3,(H,36,37)(H,30,31,32,33). The largest absolute Gasteiger partial charge is 0.493 e. The van der Waals surface area contributed by atoms with E-state index in [-0.39, 0.29) is 17.1 Å². The van der Waals surface area contributed by atoms with Crippen LogP contribution in [0.3, 0.4) is 0 Å². The summed E-state index contributed by atoms with van der Waals surface area (Å²) in [6.07, 6.45) is 2.95. The molecule has 42 heavy (non-hydrogen) atoms. The number of thiazole rings is 1. The number of nitrogens with one attached hydrogen (secondary N) is 1. The van der Waals surface area contributed by atoms with Gasteiger partial charge in [0.1, 0.15) is 16.5 Å². The molecule has 1 fully saturated rings. The number of aryl methyl sites for hydroxylation is 1. The average Bonchev–Trinajstić information content (AvgIpc) is 3.21. The van der Waals surface area contributed by atoms with Gasteiger partial charge in [-0.15, -0.1) is 0 Å². The number of hydrogen-bond acceptors (Lipinski definition) is 12. The predicted octanol–water partition coefficient (Wildman–Crippen LogP) is 4.67. The van der Waals surface area contributed by atoms with Crippen molar-refractivity contribution in [1.82, 2.24) is 15.0 Å². The van der Waals surface area contributed by atoms with Crippen LogP contribution in [0.5, 0.6) is 17.2 Å². The Morgan fingerprint density at radius 1 is 1.05 bits per heavy atom. The number of carboxylic acid groups (broad SMARTS) is 1. The summed E-state index contributed by atoms with van der Waals surface area (Å²) < 4.78 is 22.8. The van der Waals surface area contributed by atoms with Gasteiger partial charge in [-0.3, -0.25) is 5.32 Å². The van der Waals surface area contributed by atoms with E-state index < -0.39 is 5.97 Å². The number of anilines is 4. The second-order valence-corrected chi connectivity index (χ2v) is 11.6. The van der Waals surface area contributed by atoms with Gasteiger partial charge in [-0.25, -0.2) is 9.78 Å². The summed E-state index contributed by atoms with van der Waals surface area (Å²) in [6.45, 7) is 8.61. The quantitative estimate of drug-likeness (QED) is 0.355. The van der Waals surface area contributed by atoms with Crippen molar-refractivity contribution in [2.24, 2.45) is 0 Å². The Bertz CT molecular complexity index is 1410. The van der Waals surface area contributed by atoms with Crippen LogP contribution in [0.2, 0.25) is 0 Å². The SMILES string of the molecule is COc1cc(CN2CCCCc3c2nc(Nc2nc(C)c(C(=O)O)s2)nc3N2CC(C)OC(C)C2)cc(OC)c1OC. The molecule has 13 heteroatoms. The van der Waals surface area contributed by atoms with Crippen molar-refractivity contribution in [1.29, 1.82) is 0 Å². The number of fused-ring (bicyclic) bond motifs is 1. The van der Waals surface area contributed by atoms with Gasteiger partial charge in [-0.2, -0.15) is 9.97 Å². The molecule has 2 aliphatic rings. The Morgan fingerprint density at radius 2 is 1.71 bits per heavy atom. The van der Waals surface area contributed by atoms with Crippen molar-refractivity contribution in [2.75, 3.05) is 56.1 Å². The van der Waals surface area contributed by atoms with Crippen LogP contribution in [0.1, 0.15) is 53.2 Å². The molecule has 1 aromatic carbocycles. The Hall–Kier alpha value is -3.84. The van der Waals surface area contributed by atoms with Crippen LogP contribution >= 0.6 is 11.3 Å². The molecule has 2 aliphatic heterocycles. The lowest BCUT2D eigenvalue weighted by atomic mass is 10.1. The summed E-state index contributed by atoms with van der Waals surface area (Å²) in [6, 6.07) is 3.93. The van der Waals surface area contributed by atoms with Gasteiger partial charge < -0.3 is 33.9 Å². The van der Waals surface area contributed by atoms with Crippen LogP contribution < -0.4 is 29.3 Å². The third-order valence-electron chi connectivity index (χ3n) is 7.39. The van der Waals surface area contributed by atoms with Gasteiger partial charge in [-0.05, 0) is 57.7 Å². The second-order valence-electron chi connectivity index (χ2n) is 10.6. The normalized spacial score (nSPS) is 18.7. The summed E-state index contributed by atoms with van der Waals surface area (Å²) in [5.74, 6) is 2.81. The molecule has 0 bridgehead atoms. The van der Waals surface area contributed by atoms with E-state index in [1.165, 1.54) is 0 Å². The predicted molar refractivity (Wildman–Crippen MR) is 161 cm³/mol. The molecule has 12 nitrogen and oxygen atoms in total. The number of carbonyl (C=O) groups is 1. The van der Waals surface area contributed by atoms with Gasteiger partial charge in [0.2, 0.25) is 11.7 Å². The Morgan fingerprint density at radius 3 is 2.31 bits per heavy atom. The molecule has 1 saturated heterocycles. The third kappa shape index (κ3) is 6.16. The lowest BCUT2D eigenvalue weighted by molar-refractivity contribution is -0.00551. The number of aromatic nitrogens is 3. The van der Waals surface area contributed by atoms with Gasteiger partial charge in [0.15, 0.2) is 16.6 Å². The van der Waals surface area contributed by atoms with E-state index in [1.54, 1.807) is 28.3 Å². The maximum absolute atomic E-state index is 11.6. The minimum absolute atomic E-state index is 0.0524. The zero-order chi connectivity index (χ0) is 30.0. The first kappa shape index (κ1) is 29.6. The molecule has 5 rings (SSSR count). The number of rotatable bonds is 9. The highest BCUT2D eigenvalue weighted by Gasteiger charge is 2.30. The molecule has 0 spiro atoms. The minimum atomic E-state index is -1.01.